The van der Waals surface area contributed by atoms with Crippen LogP contribution in [0.25, 0.3) is 44.3 Å². The van der Waals surface area contributed by atoms with Crippen molar-refractivity contribution in [2.75, 3.05) is 48.4 Å². The molecule has 0 bridgehead atoms. The number of hydrogen-bond acceptors (Lipinski definition) is 10. The first-order valence-corrected chi connectivity index (χ1v) is 18.8. The molecular weight excluding hydrogens is 721 g/mol. The van der Waals surface area contributed by atoms with Gasteiger partial charge in [-0.15, -0.1) is 0 Å². The summed E-state index contributed by atoms with van der Waals surface area (Å²) in [5.74, 6) is 1.22. The smallest absolute Gasteiger partial charge is 0.165 e. The Kier molecular flexibility index (Phi) is 8.58. The lowest BCUT2D eigenvalue weighted by Gasteiger charge is -2.40. The largest absolute Gasteiger partial charge is 0.494 e. The van der Waals surface area contributed by atoms with Gasteiger partial charge in [-0.05, 0) is 54.6 Å². The molecule has 4 aromatic carbocycles. The van der Waals surface area contributed by atoms with Crippen LogP contribution in [-0.4, -0.2) is 63.2 Å². The Hall–Kier alpha value is -7.08. The Balaban J connectivity index is 0.874. The molecule has 6 heterocycles. The molecular formula is C45H35F2N9O. The molecule has 0 unspecified atom stereocenters. The number of para-hydroxylation sites is 2. The van der Waals surface area contributed by atoms with E-state index >= 15 is 4.39 Å². The molecule has 12 heteroatoms. The normalized spacial score (nSPS) is 14.4. The summed E-state index contributed by atoms with van der Waals surface area (Å²) in [6.07, 6.45) is 6.66. The molecule has 0 atom stereocenters. The van der Waals surface area contributed by atoms with Crippen LogP contribution >= 0.6 is 0 Å². The van der Waals surface area contributed by atoms with E-state index < -0.39 is 11.6 Å². The number of nitrogens with zero attached hydrogens (tertiary/aromatic N) is 8. The van der Waals surface area contributed by atoms with Gasteiger partial charge in [0.1, 0.15) is 17.5 Å². The molecule has 0 radical (unpaired) electrons. The van der Waals surface area contributed by atoms with E-state index in [0.29, 0.717) is 35.7 Å². The predicted molar refractivity (Wildman–Crippen MR) is 218 cm³/mol. The molecule has 2 fully saturated rings. The van der Waals surface area contributed by atoms with Gasteiger partial charge in [0.2, 0.25) is 0 Å². The zero-order valence-electron chi connectivity index (χ0n) is 30.8. The highest BCUT2D eigenvalue weighted by Gasteiger charge is 2.34. The van der Waals surface area contributed by atoms with Crippen LogP contribution in [0, 0.1) is 11.6 Å². The molecule has 2 saturated heterocycles. The second-order valence-electron chi connectivity index (χ2n) is 14.4. The van der Waals surface area contributed by atoms with Crippen molar-refractivity contribution in [2.24, 2.45) is 0 Å². The molecule has 8 aromatic rings. The van der Waals surface area contributed by atoms with E-state index in [1.54, 1.807) is 43.0 Å². The molecule has 1 N–H and O–H groups in total. The van der Waals surface area contributed by atoms with E-state index in [9.17, 15) is 4.39 Å². The first kappa shape index (κ1) is 34.4. The number of nitrogens with one attached hydrogen (secondary N) is 1. The standard InChI is InChI=1S/C45H35F2N9O/c1-57-39-21-29(10-13-33(39)46)43-45(51-19-17-49-43)31-25-56(26-31)41-22-38(32-7-3-5-9-36(32)54-41)52-37-14-11-28(20-34(37)47)42-44(50-18-16-48-42)30-23-55(24-30)40-15-12-27-6-2-4-8-35(27)53-40/h2-22,30-31H,23-26H2,1H3,(H,52,54). The number of methoxy groups -OCH3 is 1. The van der Waals surface area contributed by atoms with E-state index in [4.69, 9.17) is 19.7 Å². The van der Waals surface area contributed by atoms with Crippen molar-refractivity contribution >= 4 is 44.8 Å². The Bertz CT molecular complexity index is 2810. The van der Waals surface area contributed by atoms with Crippen LogP contribution in [0.4, 0.5) is 31.8 Å². The Morgan fingerprint density at radius 2 is 1.19 bits per heavy atom. The van der Waals surface area contributed by atoms with Gasteiger partial charge in [0.25, 0.3) is 0 Å². The lowest BCUT2D eigenvalue weighted by Crippen LogP contribution is -2.46. The highest BCUT2D eigenvalue weighted by atomic mass is 19.1. The first-order chi connectivity index (χ1) is 28.0. The topological polar surface area (TPSA) is 105 Å². The van der Waals surface area contributed by atoms with Crippen molar-refractivity contribution in [1.82, 2.24) is 29.9 Å². The average molecular weight is 756 g/mol. The van der Waals surface area contributed by atoms with Gasteiger partial charge in [-0.25, -0.2) is 18.7 Å². The van der Waals surface area contributed by atoms with E-state index in [-0.39, 0.29) is 17.6 Å². The third kappa shape index (κ3) is 6.38. The van der Waals surface area contributed by atoms with Crippen molar-refractivity contribution < 1.29 is 13.5 Å². The quantitative estimate of drug-likeness (QED) is 0.154. The fourth-order valence-corrected chi connectivity index (χ4v) is 7.79. The number of ether oxygens (including phenoxy) is 1. The second kappa shape index (κ2) is 14.2. The maximum absolute atomic E-state index is 16.1. The van der Waals surface area contributed by atoms with Crippen molar-refractivity contribution in [3.05, 3.63) is 151 Å². The minimum Gasteiger partial charge on any atom is -0.494 e. The fourth-order valence-electron chi connectivity index (χ4n) is 7.79. The molecule has 2 aliphatic heterocycles. The van der Waals surface area contributed by atoms with Gasteiger partial charge >= 0.3 is 0 Å². The van der Waals surface area contributed by atoms with E-state index in [1.165, 1.54) is 19.2 Å². The van der Waals surface area contributed by atoms with Crippen LogP contribution in [0.5, 0.6) is 5.75 Å². The predicted octanol–water partition coefficient (Wildman–Crippen LogP) is 8.94. The average Bonchev–Trinajstić information content (AvgIpc) is 3.21. The van der Waals surface area contributed by atoms with Gasteiger partial charge in [0, 0.05) is 90.8 Å². The summed E-state index contributed by atoms with van der Waals surface area (Å²) >= 11 is 0. The molecule has 10 nitrogen and oxygen atoms in total. The molecule has 10 rings (SSSR count). The number of anilines is 4. The highest BCUT2D eigenvalue weighted by molar-refractivity contribution is 5.95. The SMILES string of the molecule is COc1cc(-c2nccnc2C2CN(c3cc(Nc4ccc(-c5nccnc5C5CN(c6ccc7ccccc7n6)C5)cc4F)c4ccccc4n3)C2)ccc1F. The van der Waals surface area contributed by atoms with Gasteiger partial charge < -0.3 is 19.9 Å². The van der Waals surface area contributed by atoms with Crippen LogP contribution < -0.4 is 19.9 Å². The molecule has 0 spiro atoms. The molecule has 57 heavy (non-hydrogen) atoms. The van der Waals surface area contributed by atoms with Gasteiger partial charge in [-0.1, -0.05) is 42.5 Å². The van der Waals surface area contributed by atoms with Crippen molar-refractivity contribution in [3.8, 4) is 28.3 Å². The van der Waals surface area contributed by atoms with Gasteiger partial charge in [-0.3, -0.25) is 19.9 Å². The van der Waals surface area contributed by atoms with Crippen LogP contribution in [0.1, 0.15) is 23.2 Å². The van der Waals surface area contributed by atoms with Crippen molar-refractivity contribution in [3.63, 3.8) is 0 Å². The zero-order valence-corrected chi connectivity index (χ0v) is 30.8. The van der Waals surface area contributed by atoms with Crippen LogP contribution in [0.15, 0.2) is 128 Å². The Morgan fingerprint density at radius 1 is 0.579 bits per heavy atom. The van der Waals surface area contributed by atoms with Gasteiger partial charge in [-0.2, -0.15) is 0 Å². The fraction of sp³-hybridized carbons (Fsp3) is 0.156. The Morgan fingerprint density at radius 3 is 1.91 bits per heavy atom. The highest BCUT2D eigenvalue weighted by Crippen LogP contribution is 2.39. The second-order valence-corrected chi connectivity index (χ2v) is 14.4. The Labute approximate surface area is 326 Å². The molecule has 0 aliphatic carbocycles. The minimum absolute atomic E-state index is 0.0729. The van der Waals surface area contributed by atoms with Gasteiger partial charge in [0.05, 0.1) is 52.3 Å². The zero-order chi connectivity index (χ0) is 38.5. The molecule has 0 saturated carbocycles. The molecule has 280 valence electrons. The lowest BCUT2D eigenvalue weighted by molar-refractivity contribution is 0.386. The summed E-state index contributed by atoms with van der Waals surface area (Å²) in [5.41, 5.74) is 7.26. The number of hydrogen-bond donors (Lipinski definition) is 1. The summed E-state index contributed by atoms with van der Waals surface area (Å²) in [4.78, 5) is 32.9. The van der Waals surface area contributed by atoms with Crippen LogP contribution in [0.2, 0.25) is 0 Å². The van der Waals surface area contributed by atoms with Crippen LogP contribution in [0.3, 0.4) is 0 Å². The molecule has 0 amide bonds. The minimum atomic E-state index is -0.434. The summed E-state index contributed by atoms with van der Waals surface area (Å²) in [7, 11) is 1.44. The third-order valence-electron chi connectivity index (χ3n) is 10.9. The lowest BCUT2D eigenvalue weighted by atomic mass is 9.92. The number of fused-ring (bicyclic) bond motifs is 2. The van der Waals surface area contributed by atoms with E-state index in [0.717, 1.165) is 69.2 Å². The maximum Gasteiger partial charge on any atom is 0.165 e. The van der Waals surface area contributed by atoms with Crippen molar-refractivity contribution in [2.45, 2.75) is 11.8 Å². The van der Waals surface area contributed by atoms with E-state index in [2.05, 4.69) is 48.3 Å². The third-order valence-corrected chi connectivity index (χ3v) is 10.9. The van der Waals surface area contributed by atoms with Crippen LogP contribution in [-0.2, 0) is 0 Å². The number of halogens is 2. The summed E-state index contributed by atoms with van der Waals surface area (Å²) < 4.78 is 35.5. The summed E-state index contributed by atoms with van der Waals surface area (Å²) in [5, 5.41) is 5.35. The van der Waals surface area contributed by atoms with Crippen molar-refractivity contribution in [1.29, 1.82) is 0 Å². The maximum atomic E-state index is 16.1. The summed E-state index contributed by atoms with van der Waals surface area (Å²) in [6, 6.07) is 31.9. The number of benzene rings is 4. The van der Waals surface area contributed by atoms with Gasteiger partial charge in [0.15, 0.2) is 11.6 Å². The number of rotatable bonds is 9. The summed E-state index contributed by atoms with van der Waals surface area (Å²) in [6.45, 7) is 2.79. The molecule has 4 aromatic heterocycles. The monoisotopic (exact) mass is 755 g/mol. The first-order valence-electron chi connectivity index (χ1n) is 18.8. The molecule has 2 aliphatic rings. The number of pyridine rings is 2. The number of aromatic nitrogens is 6. The van der Waals surface area contributed by atoms with E-state index in [1.807, 2.05) is 54.6 Å².